The van der Waals surface area contributed by atoms with Gasteiger partial charge in [-0.3, -0.25) is 19.2 Å². The highest BCUT2D eigenvalue weighted by Crippen LogP contribution is 2.25. The van der Waals surface area contributed by atoms with Crippen molar-refractivity contribution in [2.75, 3.05) is 7.05 Å². The Kier molecular flexibility index (Phi) is 10.7. The molecule has 0 aliphatic carbocycles. The number of hydrogen-bond donors (Lipinski definition) is 4. The number of allylic oxidation sites excluding steroid dienone is 1. The number of fused-ring (bicyclic) bond motifs is 1. The Morgan fingerprint density at radius 3 is 2.31 bits per heavy atom. The Morgan fingerprint density at radius 2 is 1.60 bits per heavy atom. The van der Waals surface area contributed by atoms with Crippen LogP contribution < -0.4 is 10.6 Å². The molecule has 6 atom stereocenters. The van der Waals surface area contributed by atoms with E-state index in [0.717, 1.165) is 22.0 Å². The van der Waals surface area contributed by atoms with Crippen molar-refractivity contribution >= 4 is 34.6 Å². The third-order valence-corrected chi connectivity index (χ3v) is 8.60. The van der Waals surface area contributed by atoms with Crippen molar-refractivity contribution in [3.05, 3.63) is 77.5 Å². The van der Waals surface area contributed by atoms with E-state index in [4.69, 9.17) is 4.74 Å². The van der Waals surface area contributed by atoms with E-state index in [1.807, 2.05) is 57.3 Å². The van der Waals surface area contributed by atoms with Gasteiger partial charge in [0.1, 0.15) is 23.9 Å². The molecule has 0 fully saturated rings. The van der Waals surface area contributed by atoms with Gasteiger partial charge in [-0.05, 0) is 56.5 Å². The largest absolute Gasteiger partial charge is 0.508 e. The van der Waals surface area contributed by atoms with Crippen molar-refractivity contribution in [1.29, 1.82) is 0 Å². The average molecular weight is 617 g/mol. The fourth-order valence-corrected chi connectivity index (χ4v) is 5.77. The lowest BCUT2D eigenvalue weighted by molar-refractivity contribution is -0.150. The number of hydrogen-bond acceptors (Lipinski definition) is 6. The smallest absolute Gasteiger partial charge is 0.308 e. The number of likely N-dealkylation sites (N-methyl/N-ethyl adjacent to an activating group) is 1. The number of nitrogens with zero attached hydrogens (tertiary/aromatic N) is 1. The molecule has 10 heteroatoms. The third-order valence-electron chi connectivity index (χ3n) is 8.60. The summed E-state index contributed by atoms with van der Waals surface area (Å²) in [5, 5.41) is 16.6. The van der Waals surface area contributed by atoms with Gasteiger partial charge in [0.25, 0.3) is 0 Å². The van der Waals surface area contributed by atoms with Crippen LogP contribution in [-0.4, -0.2) is 63.9 Å². The standard InChI is InChI=1S/C35H44N4O6/c1-20-15-21(2)24(5)45-32(41)18-30(25-11-13-27(40)14-12-25)38-34(43)31(17-26-19-36-29-10-8-7-9-28(26)29)39(6)35(44)23(4)37-33(42)22(3)16-20/h7-15,19,21-24,30-31,36,40H,16-18H2,1-6H3,(H,37,42)(H,38,43)/b20-15+/t21-,22-,23-,24+,30?,31+/m0/s1. The second-order valence-corrected chi connectivity index (χ2v) is 12.3. The number of nitrogens with one attached hydrogen (secondary N) is 3. The predicted molar refractivity (Wildman–Crippen MR) is 172 cm³/mol. The lowest BCUT2D eigenvalue weighted by Gasteiger charge is -2.32. The second-order valence-electron chi connectivity index (χ2n) is 12.3. The number of rotatable bonds is 3. The Hall–Kier alpha value is -4.60. The number of ether oxygens (including phenoxy) is 1. The topological polar surface area (TPSA) is 141 Å². The molecule has 10 nitrogen and oxygen atoms in total. The van der Waals surface area contributed by atoms with E-state index in [-0.39, 0.29) is 30.4 Å². The molecule has 2 heterocycles. The van der Waals surface area contributed by atoms with Gasteiger partial charge in [-0.15, -0.1) is 0 Å². The highest BCUT2D eigenvalue weighted by atomic mass is 16.5. The number of aromatic hydroxyl groups is 1. The molecule has 3 amide bonds. The molecule has 4 rings (SSSR count). The number of carbonyl (C=O) groups is 4. The highest BCUT2D eigenvalue weighted by molar-refractivity contribution is 5.93. The van der Waals surface area contributed by atoms with Gasteiger partial charge in [-0.25, -0.2) is 0 Å². The molecule has 0 saturated heterocycles. The molecular formula is C35H44N4O6. The van der Waals surface area contributed by atoms with Crippen LogP contribution in [0.4, 0.5) is 0 Å². The number of carbonyl (C=O) groups excluding carboxylic acids is 4. The highest BCUT2D eigenvalue weighted by Gasteiger charge is 2.34. The minimum Gasteiger partial charge on any atom is -0.508 e. The van der Waals surface area contributed by atoms with Crippen LogP contribution in [0.3, 0.4) is 0 Å². The van der Waals surface area contributed by atoms with Crippen molar-refractivity contribution in [2.45, 2.75) is 78.1 Å². The van der Waals surface area contributed by atoms with Crippen LogP contribution >= 0.6 is 0 Å². The Labute approximate surface area is 264 Å². The lowest BCUT2D eigenvalue weighted by atomic mass is 9.96. The summed E-state index contributed by atoms with van der Waals surface area (Å²) in [7, 11) is 1.55. The molecule has 0 spiro atoms. The number of benzene rings is 2. The van der Waals surface area contributed by atoms with E-state index in [9.17, 15) is 24.3 Å². The third kappa shape index (κ3) is 8.32. The van der Waals surface area contributed by atoms with E-state index < -0.39 is 47.9 Å². The van der Waals surface area contributed by atoms with Crippen molar-refractivity contribution in [3.63, 3.8) is 0 Å². The summed E-state index contributed by atoms with van der Waals surface area (Å²) >= 11 is 0. The Bertz CT molecular complexity index is 1560. The van der Waals surface area contributed by atoms with Gasteiger partial charge in [0.05, 0.1) is 12.5 Å². The fourth-order valence-electron chi connectivity index (χ4n) is 5.77. The maximum absolute atomic E-state index is 14.1. The van der Waals surface area contributed by atoms with Gasteiger partial charge in [0.2, 0.25) is 17.7 Å². The van der Waals surface area contributed by atoms with Crippen LogP contribution in [0.25, 0.3) is 10.9 Å². The summed E-state index contributed by atoms with van der Waals surface area (Å²) in [5.41, 5.74) is 3.30. The first-order valence-electron chi connectivity index (χ1n) is 15.4. The van der Waals surface area contributed by atoms with Crippen molar-refractivity contribution in [2.24, 2.45) is 11.8 Å². The first kappa shape index (κ1) is 33.3. The molecule has 0 radical (unpaired) electrons. The minimum absolute atomic E-state index is 0.0466. The number of aromatic amines is 1. The second kappa shape index (κ2) is 14.5. The minimum atomic E-state index is -0.980. The van der Waals surface area contributed by atoms with E-state index in [1.54, 1.807) is 33.0 Å². The first-order chi connectivity index (χ1) is 21.3. The summed E-state index contributed by atoms with van der Waals surface area (Å²) in [6.07, 6.45) is 3.86. The molecule has 240 valence electrons. The molecule has 3 aromatic rings. The number of esters is 1. The number of para-hydroxylation sites is 1. The molecule has 1 aliphatic heterocycles. The van der Waals surface area contributed by atoms with Crippen LogP contribution in [0.5, 0.6) is 5.75 Å². The van der Waals surface area contributed by atoms with Crippen molar-refractivity contribution in [1.82, 2.24) is 20.5 Å². The van der Waals surface area contributed by atoms with E-state index in [0.29, 0.717) is 12.0 Å². The zero-order valence-corrected chi connectivity index (χ0v) is 26.8. The number of H-pyrrole nitrogens is 1. The SMILES string of the molecule is C/C1=C\[C@H](C)[C@@H](C)OC(=O)CC(c2ccc(O)cc2)NC(=O)[C@@H](Cc2c[nH]c3ccccc23)N(C)C(=O)[C@H](C)NC(=O)[C@@H](C)C1. The zero-order chi connectivity index (χ0) is 32.8. The van der Waals surface area contributed by atoms with Crippen LogP contribution in [0.2, 0.25) is 0 Å². The van der Waals surface area contributed by atoms with Crippen molar-refractivity contribution < 1.29 is 29.0 Å². The molecule has 0 bridgehead atoms. The normalized spacial score (nSPS) is 27.5. The molecule has 2 aromatic carbocycles. The molecule has 45 heavy (non-hydrogen) atoms. The number of aromatic nitrogens is 1. The Morgan fingerprint density at radius 1 is 0.911 bits per heavy atom. The molecule has 4 N–H and O–H groups in total. The summed E-state index contributed by atoms with van der Waals surface area (Å²) < 4.78 is 5.80. The maximum atomic E-state index is 14.1. The van der Waals surface area contributed by atoms with Crippen molar-refractivity contribution in [3.8, 4) is 5.75 Å². The monoisotopic (exact) mass is 616 g/mol. The van der Waals surface area contributed by atoms with Crippen LogP contribution in [0.1, 0.15) is 64.6 Å². The van der Waals surface area contributed by atoms with E-state index in [2.05, 4.69) is 15.6 Å². The zero-order valence-electron chi connectivity index (χ0n) is 26.8. The number of phenolic OH excluding ortho intramolecular Hbond substituents is 1. The van der Waals surface area contributed by atoms with Crippen LogP contribution in [0.15, 0.2) is 66.4 Å². The average Bonchev–Trinajstić information content (AvgIpc) is 3.41. The van der Waals surface area contributed by atoms with E-state index >= 15 is 0 Å². The van der Waals surface area contributed by atoms with E-state index in [1.165, 1.54) is 17.0 Å². The molecule has 1 aromatic heterocycles. The van der Waals surface area contributed by atoms with Crippen LogP contribution in [0, 0.1) is 11.8 Å². The molecule has 1 aliphatic rings. The molecule has 0 saturated carbocycles. The lowest BCUT2D eigenvalue weighted by Crippen LogP contribution is -2.55. The van der Waals surface area contributed by atoms with Gasteiger partial charge < -0.3 is 30.4 Å². The molecular weight excluding hydrogens is 572 g/mol. The summed E-state index contributed by atoms with van der Waals surface area (Å²) in [4.78, 5) is 58.8. The maximum Gasteiger partial charge on any atom is 0.308 e. The number of amides is 3. The molecule has 1 unspecified atom stereocenters. The predicted octanol–water partition coefficient (Wildman–Crippen LogP) is 4.55. The number of cyclic esters (lactones) is 1. The van der Waals surface area contributed by atoms with Gasteiger partial charge in [-0.1, -0.05) is 55.8 Å². The van der Waals surface area contributed by atoms with Gasteiger partial charge in [0, 0.05) is 42.4 Å². The quantitative estimate of drug-likeness (QED) is 0.251. The fraction of sp³-hybridized carbons (Fsp3) is 0.429. The first-order valence-corrected chi connectivity index (χ1v) is 15.4. The van der Waals surface area contributed by atoms with Gasteiger partial charge >= 0.3 is 5.97 Å². The summed E-state index contributed by atoms with van der Waals surface area (Å²) in [6, 6.07) is 11.3. The number of phenols is 1. The van der Waals surface area contributed by atoms with Gasteiger partial charge in [-0.2, -0.15) is 0 Å². The summed E-state index contributed by atoms with van der Waals surface area (Å²) in [5.74, 6) is -2.15. The Balaban J connectivity index is 1.73. The van der Waals surface area contributed by atoms with Crippen LogP contribution in [-0.2, 0) is 30.3 Å². The summed E-state index contributed by atoms with van der Waals surface area (Å²) in [6.45, 7) is 9.10. The van der Waals surface area contributed by atoms with Gasteiger partial charge in [0.15, 0.2) is 0 Å².